The number of primary sulfonamides is 1. The number of rotatable bonds is 4. The first-order valence-corrected chi connectivity index (χ1v) is 7.23. The summed E-state index contributed by atoms with van der Waals surface area (Å²) in [6.45, 7) is 1.92. The lowest BCUT2D eigenvalue weighted by Gasteiger charge is -2.04. The largest absolute Gasteiger partial charge is 0.438 e. The predicted octanol–water partition coefficient (Wildman–Crippen LogP) is 0.560. The highest BCUT2D eigenvalue weighted by molar-refractivity contribution is 7.89. The Morgan fingerprint density at radius 1 is 1.35 bits per heavy atom. The molecule has 2 aromatic rings. The second-order valence-electron chi connectivity index (χ2n) is 4.15. The molecule has 1 amide bonds. The van der Waals surface area contributed by atoms with Crippen LogP contribution in [0.25, 0.3) is 0 Å². The molecule has 0 aliphatic heterocycles. The lowest BCUT2D eigenvalue weighted by atomic mass is 10.2. The fourth-order valence-electron chi connectivity index (χ4n) is 1.51. The standard InChI is InChI=1S/C12H13N3O4S/c1-8-6-15-12(19-8)11(16)14-7-9-2-4-10(5-3-9)20(13,17)18/h2-6H,7H2,1H3,(H,14,16)(H2,13,17,18). The zero-order valence-corrected chi connectivity index (χ0v) is 11.5. The maximum Gasteiger partial charge on any atom is 0.307 e. The molecule has 7 nitrogen and oxygen atoms in total. The van der Waals surface area contributed by atoms with Gasteiger partial charge in [0.25, 0.3) is 5.89 Å². The smallest absolute Gasteiger partial charge is 0.307 e. The van der Waals surface area contributed by atoms with Gasteiger partial charge in [-0.1, -0.05) is 12.1 Å². The summed E-state index contributed by atoms with van der Waals surface area (Å²) in [5.74, 6) is 0.102. The van der Waals surface area contributed by atoms with E-state index in [1.165, 1.54) is 18.3 Å². The van der Waals surface area contributed by atoms with Crippen molar-refractivity contribution in [2.75, 3.05) is 0 Å². The Kier molecular flexibility index (Phi) is 3.86. The summed E-state index contributed by atoms with van der Waals surface area (Å²) in [5.41, 5.74) is 0.731. The summed E-state index contributed by atoms with van der Waals surface area (Å²) in [5, 5.41) is 7.60. The van der Waals surface area contributed by atoms with Gasteiger partial charge in [0, 0.05) is 6.54 Å². The molecule has 3 N–H and O–H groups in total. The topological polar surface area (TPSA) is 115 Å². The van der Waals surface area contributed by atoms with Crippen molar-refractivity contribution in [2.24, 2.45) is 5.14 Å². The molecule has 1 aromatic carbocycles. The number of carbonyl (C=O) groups is 1. The van der Waals surface area contributed by atoms with Crippen molar-refractivity contribution in [3.05, 3.63) is 47.7 Å². The number of oxazole rings is 1. The molecule has 0 atom stereocenters. The van der Waals surface area contributed by atoms with Crippen LogP contribution in [0.2, 0.25) is 0 Å². The molecular weight excluding hydrogens is 282 g/mol. The second kappa shape index (κ2) is 5.43. The van der Waals surface area contributed by atoms with E-state index in [0.717, 1.165) is 5.56 Å². The predicted molar refractivity (Wildman–Crippen MR) is 70.2 cm³/mol. The van der Waals surface area contributed by atoms with E-state index in [1.807, 2.05) is 0 Å². The van der Waals surface area contributed by atoms with Gasteiger partial charge in [-0.15, -0.1) is 0 Å². The minimum atomic E-state index is -3.70. The Morgan fingerprint density at radius 3 is 2.50 bits per heavy atom. The molecule has 0 saturated heterocycles. The van der Waals surface area contributed by atoms with Crippen molar-refractivity contribution in [3.63, 3.8) is 0 Å². The summed E-state index contributed by atoms with van der Waals surface area (Å²) in [4.78, 5) is 15.5. The monoisotopic (exact) mass is 295 g/mol. The van der Waals surface area contributed by atoms with Crippen LogP contribution in [-0.4, -0.2) is 19.3 Å². The molecule has 1 heterocycles. The lowest BCUT2D eigenvalue weighted by molar-refractivity contribution is 0.0915. The van der Waals surface area contributed by atoms with E-state index in [-0.39, 0.29) is 17.3 Å². The molecule has 0 spiro atoms. The molecule has 106 valence electrons. The Balaban J connectivity index is 1.99. The third-order valence-corrected chi connectivity index (χ3v) is 3.45. The average Bonchev–Trinajstić information content (AvgIpc) is 2.82. The number of benzene rings is 1. The van der Waals surface area contributed by atoms with E-state index >= 15 is 0 Å². The van der Waals surface area contributed by atoms with Crippen molar-refractivity contribution in [1.29, 1.82) is 0 Å². The number of nitrogens with zero attached hydrogens (tertiary/aromatic N) is 1. The highest BCUT2D eigenvalue weighted by atomic mass is 32.2. The van der Waals surface area contributed by atoms with Gasteiger partial charge in [-0.05, 0) is 24.6 Å². The first-order valence-electron chi connectivity index (χ1n) is 5.68. The highest BCUT2D eigenvalue weighted by Gasteiger charge is 2.12. The number of nitrogens with two attached hydrogens (primary N) is 1. The highest BCUT2D eigenvalue weighted by Crippen LogP contribution is 2.09. The van der Waals surface area contributed by atoms with E-state index in [0.29, 0.717) is 5.76 Å². The van der Waals surface area contributed by atoms with Crippen LogP contribution in [0.3, 0.4) is 0 Å². The molecule has 0 unspecified atom stereocenters. The van der Waals surface area contributed by atoms with Crippen LogP contribution >= 0.6 is 0 Å². The number of nitrogens with one attached hydrogen (secondary N) is 1. The second-order valence-corrected chi connectivity index (χ2v) is 5.71. The van der Waals surface area contributed by atoms with Crippen LogP contribution < -0.4 is 10.5 Å². The molecule has 2 rings (SSSR count). The summed E-state index contributed by atoms with van der Waals surface area (Å²) < 4.78 is 27.2. The van der Waals surface area contributed by atoms with E-state index in [2.05, 4.69) is 10.3 Å². The number of sulfonamides is 1. The fourth-order valence-corrected chi connectivity index (χ4v) is 2.03. The van der Waals surface area contributed by atoms with Crippen LogP contribution in [0.4, 0.5) is 0 Å². The number of carbonyl (C=O) groups excluding carboxylic acids is 1. The third kappa shape index (κ3) is 3.43. The molecule has 0 aliphatic carbocycles. The number of aryl methyl sites for hydroxylation is 1. The number of hydrogen-bond donors (Lipinski definition) is 2. The van der Waals surface area contributed by atoms with E-state index < -0.39 is 15.9 Å². The van der Waals surface area contributed by atoms with Gasteiger partial charge < -0.3 is 9.73 Å². The normalized spacial score (nSPS) is 11.3. The van der Waals surface area contributed by atoms with Gasteiger partial charge in [-0.25, -0.2) is 18.5 Å². The first kappa shape index (κ1) is 14.2. The zero-order chi connectivity index (χ0) is 14.8. The molecule has 0 saturated carbocycles. The number of aromatic nitrogens is 1. The minimum Gasteiger partial charge on any atom is -0.438 e. The van der Waals surface area contributed by atoms with Crippen molar-refractivity contribution < 1.29 is 17.6 Å². The molecule has 0 aliphatic rings. The molecule has 0 radical (unpaired) electrons. The summed E-state index contributed by atoms with van der Waals surface area (Å²) in [6.07, 6.45) is 1.45. The summed E-state index contributed by atoms with van der Waals surface area (Å²) in [6, 6.07) is 5.90. The van der Waals surface area contributed by atoms with Gasteiger partial charge in [0.1, 0.15) is 5.76 Å². The Bertz CT molecular complexity index is 719. The van der Waals surface area contributed by atoms with Crippen LogP contribution in [0, 0.1) is 6.92 Å². The number of hydrogen-bond acceptors (Lipinski definition) is 5. The first-order chi connectivity index (χ1) is 9.36. The van der Waals surface area contributed by atoms with Crippen LogP contribution in [0.15, 0.2) is 39.8 Å². The molecule has 1 aromatic heterocycles. The van der Waals surface area contributed by atoms with Gasteiger partial charge in [0.2, 0.25) is 10.0 Å². The molecular formula is C12H13N3O4S. The molecule has 8 heteroatoms. The van der Waals surface area contributed by atoms with Gasteiger partial charge in [0.15, 0.2) is 0 Å². The van der Waals surface area contributed by atoms with Gasteiger partial charge in [-0.2, -0.15) is 0 Å². The van der Waals surface area contributed by atoms with Crippen molar-refractivity contribution in [2.45, 2.75) is 18.4 Å². The molecule has 0 fully saturated rings. The maximum atomic E-state index is 11.7. The van der Waals surface area contributed by atoms with Crippen LogP contribution in [0.5, 0.6) is 0 Å². The van der Waals surface area contributed by atoms with Crippen molar-refractivity contribution >= 4 is 15.9 Å². The third-order valence-electron chi connectivity index (χ3n) is 2.52. The Labute approximate surface area is 115 Å². The van der Waals surface area contributed by atoms with Gasteiger partial charge in [0.05, 0.1) is 11.1 Å². The van der Waals surface area contributed by atoms with E-state index in [9.17, 15) is 13.2 Å². The zero-order valence-electron chi connectivity index (χ0n) is 10.7. The average molecular weight is 295 g/mol. The minimum absolute atomic E-state index is 0.0105. The maximum absolute atomic E-state index is 11.7. The lowest BCUT2D eigenvalue weighted by Crippen LogP contribution is -2.23. The summed E-state index contributed by atoms with van der Waals surface area (Å²) >= 11 is 0. The fraction of sp³-hybridized carbons (Fsp3) is 0.167. The SMILES string of the molecule is Cc1cnc(C(=O)NCc2ccc(S(N)(=O)=O)cc2)o1. The quantitative estimate of drug-likeness (QED) is 0.855. The summed E-state index contributed by atoms with van der Waals surface area (Å²) in [7, 11) is -3.70. The van der Waals surface area contributed by atoms with Crippen molar-refractivity contribution in [3.8, 4) is 0 Å². The molecule has 0 bridgehead atoms. The Hall–Kier alpha value is -2.19. The van der Waals surface area contributed by atoms with Crippen LogP contribution in [0.1, 0.15) is 22.0 Å². The van der Waals surface area contributed by atoms with Crippen molar-refractivity contribution in [1.82, 2.24) is 10.3 Å². The van der Waals surface area contributed by atoms with Gasteiger partial charge in [-0.3, -0.25) is 4.79 Å². The number of amides is 1. The van der Waals surface area contributed by atoms with E-state index in [1.54, 1.807) is 19.1 Å². The Morgan fingerprint density at radius 2 is 2.00 bits per heavy atom. The van der Waals surface area contributed by atoms with Crippen LogP contribution in [-0.2, 0) is 16.6 Å². The van der Waals surface area contributed by atoms with Gasteiger partial charge >= 0.3 is 5.91 Å². The van der Waals surface area contributed by atoms with E-state index in [4.69, 9.17) is 9.56 Å². The molecule has 20 heavy (non-hydrogen) atoms.